The molecule has 0 bridgehead atoms. The molecule has 0 spiro atoms. The first-order valence-corrected chi connectivity index (χ1v) is 13.2. The summed E-state index contributed by atoms with van der Waals surface area (Å²) in [5.41, 5.74) is 3.71. The number of halogens is 2. The summed E-state index contributed by atoms with van der Waals surface area (Å²) in [7, 11) is 0. The van der Waals surface area contributed by atoms with Gasteiger partial charge in [-0.25, -0.2) is 4.68 Å². The van der Waals surface area contributed by atoms with Gasteiger partial charge in [0.2, 0.25) is 5.95 Å². The highest BCUT2D eigenvalue weighted by molar-refractivity contribution is 6.35. The van der Waals surface area contributed by atoms with E-state index >= 15 is 0 Å². The number of amides is 1. The highest BCUT2D eigenvalue weighted by Gasteiger charge is 2.34. The van der Waals surface area contributed by atoms with Crippen molar-refractivity contribution in [2.45, 2.75) is 33.0 Å². The smallest absolute Gasteiger partial charge is 0.251 e. The second kappa shape index (κ2) is 11.8. The van der Waals surface area contributed by atoms with E-state index in [9.17, 15) is 4.79 Å². The average Bonchev–Trinajstić information content (AvgIpc) is 3.40. The van der Waals surface area contributed by atoms with Gasteiger partial charge in [-0.05, 0) is 49.2 Å². The Balaban J connectivity index is 1.46. The van der Waals surface area contributed by atoms with Crippen LogP contribution in [0.5, 0.6) is 11.5 Å². The van der Waals surface area contributed by atoms with Gasteiger partial charge in [0, 0.05) is 27.9 Å². The standard InChI is InChI=1S/C29H27Cl2N5O3/c1-3-38-25-14-20(12-13-24(25)39-16-21-22(30)10-7-11-23(21)31)27-26(18(2)35-29-33-17-34-36(27)29)28(37)32-15-19-8-5-4-6-9-19/h4-14,17,27H,3,15-16H2,1-2H3,(H,32,37)(H,33,34,35). The van der Waals surface area contributed by atoms with Gasteiger partial charge in [0.25, 0.3) is 5.91 Å². The zero-order valence-electron chi connectivity index (χ0n) is 21.4. The van der Waals surface area contributed by atoms with Crippen LogP contribution in [0.1, 0.15) is 36.6 Å². The number of carbonyl (C=O) groups excluding carboxylic acids is 1. The molecule has 1 unspecified atom stereocenters. The van der Waals surface area contributed by atoms with Crippen molar-refractivity contribution in [2.24, 2.45) is 0 Å². The number of nitrogens with zero attached hydrogens (tertiary/aromatic N) is 3. The third-order valence-corrected chi connectivity index (χ3v) is 7.06. The largest absolute Gasteiger partial charge is 0.490 e. The van der Waals surface area contributed by atoms with Gasteiger partial charge in [-0.1, -0.05) is 65.7 Å². The van der Waals surface area contributed by atoms with Crippen molar-refractivity contribution in [1.29, 1.82) is 0 Å². The summed E-state index contributed by atoms with van der Waals surface area (Å²) < 4.78 is 13.7. The minimum Gasteiger partial charge on any atom is -0.490 e. The zero-order chi connectivity index (χ0) is 27.4. The first-order chi connectivity index (χ1) is 19.0. The first-order valence-electron chi connectivity index (χ1n) is 12.5. The molecule has 4 aromatic rings. The quantitative estimate of drug-likeness (QED) is 0.253. The number of allylic oxidation sites excluding steroid dienone is 1. The molecule has 1 aliphatic rings. The summed E-state index contributed by atoms with van der Waals surface area (Å²) in [5, 5.41) is 11.7. The topological polar surface area (TPSA) is 90.3 Å². The highest BCUT2D eigenvalue weighted by Crippen LogP contribution is 2.39. The molecule has 3 aromatic carbocycles. The lowest BCUT2D eigenvalue weighted by Crippen LogP contribution is -2.34. The van der Waals surface area contributed by atoms with Crippen molar-refractivity contribution < 1.29 is 14.3 Å². The predicted molar refractivity (Wildman–Crippen MR) is 151 cm³/mol. The number of hydrogen-bond donors (Lipinski definition) is 2. The molecule has 39 heavy (non-hydrogen) atoms. The highest BCUT2D eigenvalue weighted by atomic mass is 35.5. The van der Waals surface area contributed by atoms with E-state index in [4.69, 9.17) is 32.7 Å². The van der Waals surface area contributed by atoms with E-state index in [1.54, 1.807) is 22.9 Å². The van der Waals surface area contributed by atoms with Gasteiger partial charge >= 0.3 is 0 Å². The van der Waals surface area contributed by atoms with E-state index in [1.807, 2.05) is 62.4 Å². The van der Waals surface area contributed by atoms with Crippen LogP contribution in [0.3, 0.4) is 0 Å². The third kappa shape index (κ3) is 5.72. The fraction of sp³-hybridized carbons (Fsp3) is 0.207. The Labute approximate surface area is 236 Å². The van der Waals surface area contributed by atoms with Crippen LogP contribution < -0.4 is 20.1 Å². The van der Waals surface area contributed by atoms with Gasteiger partial charge in [-0.2, -0.15) is 10.1 Å². The number of hydrogen-bond acceptors (Lipinski definition) is 6. The molecule has 10 heteroatoms. The van der Waals surface area contributed by atoms with Crippen molar-refractivity contribution in [3.63, 3.8) is 0 Å². The van der Waals surface area contributed by atoms with E-state index in [2.05, 4.69) is 20.7 Å². The molecule has 1 aromatic heterocycles. The summed E-state index contributed by atoms with van der Waals surface area (Å²) in [6.07, 6.45) is 1.46. The number of anilines is 1. The number of ether oxygens (including phenoxy) is 2. The maximum absolute atomic E-state index is 13.5. The van der Waals surface area contributed by atoms with E-state index in [0.29, 0.717) is 57.5 Å². The monoisotopic (exact) mass is 563 g/mol. The van der Waals surface area contributed by atoms with Crippen LogP contribution in [0.15, 0.2) is 84.3 Å². The van der Waals surface area contributed by atoms with Crippen LogP contribution in [0.25, 0.3) is 0 Å². The Bertz CT molecular complexity index is 1500. The normalized spacial score (nSPS) is 14.4. The molecule has 200 valence electrons. The maximum atomic E-state index is 13.5. The molecule has 1 aliphatic heterocycles. The van der Waals surface area contributed by atoms with Crippen molar-refractivity contribution in [3.05, 3.63) is 111 Å². The van der Waals surface area contributed by atoms with Gasteiger partial charge < -0.3 is 20.1 Å². The number of benzene rings is 3. The Morgan fingerprint density at radius 2 is 1.79 bits per heavy atom. The van der Waals surface area contributed by atoms with Crippen LogP contribution in [0, 0.1) is 0 Å². The molecule has 0 fully saturated rings. The molecule has 0 aliphatic carbocycles. The summed E-state index contributed by atoms with van der Waals surface area (Å²) in [5.74, 6) is 1.39. The number of nitrogens with one attached hydrogen (secondary N) is 2. The van der Waals surface area contributed by atoms with Crippen LogP contribution in [-0.4, -0.2) is 27.3 Å². The van der Waals surface area contributed by atoms with Gasteiger partial charge in [0.15, 0.2) is 11.5 Å². The van der Waals surface area contributed by atoms with Crippen LogP contribution in [-0.2, 0) is 17.9 Å². The molecule has 1 atom stereocenters. The summed E-state index contributed by atoms with van der Waals surface area (Å²) in [4.78, 5) is 17.9. The molecule has 0 saturated heterocycles. The molecule has 2 N–H and O–H groups in total. The van der Waals surface area contributed by atoms with E-state index in [1.165, 1.54) is 6.33 Å². The van der Waals surface area contributed by atoms with Gasteiger partial charge in [0.1, 0.15) is 19.0 Å². The summed E-state index contributed by atoms with van der Waals surface area (Å²) >= 11 is 12.6. The lowest BCUT2D eigenvalue weighted by molar-refractivity contribution is -0.118. The number of fused-ring (bicyclic) bond motifs is 1. The van der Waals surface area contributed by atoms with Crippen molar-refractivity contribution in [2.75, 3.05) is 11.9 Å². The molecule has 5 rings (SSSR count). The van der Waals surface area contributed by atoms with Crippen LogP contribution in [0.2, 0.25) is 10.0 Å². The van der Waals surface area contributed by atoms with E-state index < -0.39 is 6.04 Å². The van der Waals surface area contributed by atoms with Crippen LogP contribution in [0.4, 0.5) is 5.95 Å². The molecular weight excluding hydrogens is 537 g/mol. The molecular formula is C29H27Cl2N5O3. The van der Waals surface area contributed by atoms with Gasteiger partial charge in [-0.3, -0.25) is 4.79 Å². The fourth-order valence-electron chi connectivity index (χ4n) is 4.47. The lowest BCUT2D eigenvalue weighted by atomic mass is 9.94. The number of aromatic nitrogens is 3. The molecule has 8 nitrogen and oxygen atoms in total. The lowest BCUT2D eigenvalue weighted by Gasteiger charge is -2.29. The minimum absolute atomic E-state index is 0.171. The maximum Gasteiger partial charge on any atom is 0.251 e. The molecule has 0 radical (unpaired) electrons. The summed E-state index contributed by atoms with van der Waals surface area (Å²) in [6, 6.07) is 20.1. The van der Waals surface area contributed by atoms with E-state index in [-0.39, 0.29) is 12.5 Å². The Hall–Kier alpha value is -4.01. The fourth-order valence-corrected chi connectivity index (χ4v) is 4.98. The zero-order valence-corrected chi connectivity index (χ0v) is 23.0. The Morgan fingerprint density at radius 3 is 2.54 bits per heavy atom. The SMILES string of the molecule is CCOc1cc(C2C(C(=O)NCc3ccccc3)=C(C)Nc3ncnn32)ccc1OCc1c(Cl)cccc1Cl. The molecule has 2 heterocycles. The van der Waals surface area contributed by atoms with Crippen molar-refractivity contribution in [1.82, 2.24) is 20.1 Å². The average molecular weight is 564 g/mol. The second-order valence-electron chi connectivity index (χ2n) is 8.89. The first kappa shape index (κ1) is 26.6. The predicted octanol–water partition coefficient (Wildman–Crippen LogP) is 6.17. The van der Waals surface area contributed by atoms with Gasteiger partial charge in [0.05, 0.1) is 12.2 Å². The summed E-state index contributed by atoms with van der Waals surface area (Å²) in [6.45, 7) is 4.75. The van der Waals surface area contributed by atoms with Crippen LogP contribution >= 0.6 is 23.2 Å². The molecule has 0 saturated carbocycles. The third-order valence-electron chi connectivity index (χ3n) is 6.35. The van der Waals surface area contributed by atoms with E-state index in [0.717, 1.165) is 11.1 Å². The van der Waals surface area contributed by atoms with Gasteiger partial charge in [-0.15, -0.1) is 0 Å². The molecule has 1 amide bonds. The Morgan fingerprint density at radius 1 is 1.03 bits per heavy atom. The number of rotatable bonds is 9. The van der Waals surface area contributed by atoms with Crippen molar-refractivity contribution in [3.8, 4) is 11.5 Å². The minimum atomic E-state index is -0.536. The Kier molecular flexibility index (Phi) is 8.05. The second-order valence-corrected chi connectivity index (χ2v) is 9.71. The number of carbonyl (C=O) groups is 1. The van der Waals surface area contributed by atoms with Crippen molar-refractivity contribution >= 4 is 35.1 Å².